The molecular formula is C15H23N3O3. The number of amides is 1. The fourth-order valence-electron chi connectivity index (χ4n) is 3.33. The maximum Gasteiger partial charge on any atom is 0.225 e. The fourth-order valence-corrected chi connectivity index (χ4v) is 3.33. The third kappa shape index (κ3) is 3.27. The Morgan fingerprint density at radius 2 is 2.24 bits per heavy atom. The molecule has 0 aliphatic carbocycles. The lowest BCUT2D eigenvalue weighted by atomic mass is 9.96. The van der Waals surface area contributed by atoms with Crippen LogP contribution in [-0.4, -0.2) is 53.4 Å². The van der Waals surface area contributed by atoms with Crippen LogP contribution >= 0.6 is 0 Å². The Morgan fingerprint density at radius 1 is 1.48 bits per heavy atom. The lowest BCUT2D eigenvalue weighted by molar-refractivity contribution is -0.135. The summed E-state index contributed by atoms with van der Waals surface area (Å²) in [5.41, 5.74) is 0.847. The first-order valence-corrected chi connectivity index (χ1v) is 7.73. The predicted molar refractivity (Wildman–Crippen MR) is 76.6 cm³/mol. The van der Waals surface area contributed by atoms with Gasteiger partial charge in [-0.1, -0.05) is 5.16 Å². The smallest absolute Gasteiger partial charge is 0.225 e. The minimum Gasteiger partial charge on any atom is -0.391 e. The summed E-state index contributed by atoms with van der Waals surface area (Å²) in [6.07, 6.45) is 1.97. The second-order valence-electron chi connectivity index (χ2n) is 6.23. The molecule has 2 aliphatic heterocycles. The first-order chi connectivity index (χ1) is 10.1. The van der Waals surface area contributed by atoms with Crippen LogP contribution in [0, 0.1) is 18.8 Å². The van der Waals surface area contributed by atoms with Gasteiger partial charge in [-0.05, 0) is 32.9 Å². The predicted octanol–water partition coefficient (Wildman–Crippen LogP) is 0.344. The number of nitrogens with one attached hydrogen (secondary N) is 1. The molecule has 1 aromatic heterocycles. The minimum atomic E-state index is -0.471. The molecule has 0 spiro atoms. The number of hydrogen-bond donors (Lipinski definition) is 2. The molecular weight excluding hydrogens is 270 g/mol. The highest BCUT2D eigenvalue weighted by molar-refractivity contribution is 5.79. The third-order valence-electron chi connectivity index (χ3n) is 4.55. The number of aromatic nitrogens is 1. The fraction of sp³-hybridized carbons (Fsp3) is 0.733. The number of aryl methyl sites for hydroxylation is 1. The Labute approximate surface area is 124 Å². The zero-order valence-corrected chi connectivity index (χ0v) is 12.4. The highest BCUT2D eigenvalue weighted by Crippen LogP contribution is 2.25. The van der Waals surface area contributed by atoms with Crippen LogP contribution in [0.1, 0.15) is 24.3 Å². The zero-order chi connectivity index (χ0) is 14.8. The molecule has 0 aromatic carbocycles. The van der Waals surface area contributed by atoms with Gasteiger partial charge >= 0.3 is 0 Å². The van der Waals surface area contributed by atoms with Crippen molar-refractivity contribution in [1.29, 1.82) is 0 Å². The molecule has 2 aliphatic rings. The summed E-state index contributed by atoms with van der Waals surface area (Å²) in [4.78, 5) is 14.3. The molecule has 2 N–H and O–H groups in total. The van der Waals surface area contributed by atoms with Crippen molar-refractivity contribution < 1.29 is 14.4 Å². The van der Waals surface area contributed by atoms with E-state index in [1.807, 2.05) is 17.9 Å². The standard InChI is InChI=1S/C15H23N3O3/c1-10-6-13(21-17-10)7-12-8-18(9-14(12)19)15(20)11-2-4-16-5-3-11/h6,11-12,14,16,19H,2-5,7-9H2,1H3/t12-,14+/m1/s1. The van der Waals surface area contributed by atoms with Crippen molar-refractivity contribution in [2.75, 3.05) is 26.2 Å². The summed E-state index contributed by atoms with van der Waals surface area (Å²) in [6, 6.07) is 1.89. The maximum absolute atomic E-state index is 12.5. The maximum atomic E-state index is 12.5. The van der Waals surface area contributed by atoms with E-state index in [0.29, 0.717) is 19.5 Å². The van der Waals surface area contributed by atoms with E-state index in [1.54, 1.807) is 0 Å². The first-order valence-electron chi connectivity index (χ1n) is 7.73. The summed E-state index contributed by atoms with van der Waals surface area (Å²) in [7, 11) is 0. The van der Waals surface area contributed by atoms with Gasteiger partial charge in [-0.2, -0.15) is 0 Å². The number of β-amino-alcohol motifs (C(OH)–C–C–N with tert-alkyl or cyclic N) is 1. The van der Waals surface area contributed by atoms with Gasteiger partial charge in [0.15, 0.2) is 0 Å². The lowest BCUT2D eigenvalue weighted by Crippen LogP contribution is -2.40. The molecule has 6 heteroatoms. The van der Waals surface area contributed by atoms with Gasteiger partial charge in [-0.15, -0.1) is 0 Å². The summed E-state index contributed by atoms with van der Waals surface area (Å²) in [5.74, 6) is 1.15. The Morgan fingerprint density at radius 3 is 2.90 bits per heavy atom. The molecule has 116 valence electrons. The molecule has 6 nitrogen and oxygen atoms in total. The highest BCUT2D eigenvalue weighted by Gasteiger charge is 2.37. The molecule has 2 atom stereocenters. The topological polar surface area (TPSA) is 78.6 Å². The van der Waals surface area contributed by atoms with Crippen LogP contribution in [-0.2, 0) is 11.2 Å². The van der Waals surface area contributed by atoms with Gasteiger partial charge in [0.05, 0.1) is 11.8 Å². The van der Waals surface area contributed by atoms with E-state index in [4.69, 9.17) is 4.52 Å². The molecule has 0 unspecified atom stereocenters. The van der Waals surface area contributed by atoms with Crippen LogP contribution < -0.4 is 5.32 Å². The van der Waals surface area contributed by atoms with Crippen LogP contribution in [0.25, 0.3) is 0 Å². The van der Waals surface area contributed by atoms with Gasteiger partial charge in [0.2, 0.25) is 5.91 Å². The number of aliphatic hydroxyl groups is 1. The lowest BCUT2D eigenvalue weighted by Gasteiger charge is -2.26. The molecule has 3 heterocycles. The SMILES string of the molecule is Cc1cc(C[C@@H]2CN(C(=O)C3CCNCC3)C[C@@H]2O)on1. The van der Waals surface area contributed by atoms with Gasteiger partial charge in [0.25, 0.3) is 0 Å². The van der Waals surface area contributed by atoms with E-state index < -0.39 is 6.10 Å². The number of aliphatic hydroxyl groups excluding tert-OH is 1. The average molecular weight is 293 g/mol. The van der Waals surface area contributed by atoms with Crippen molar-refractivity contribution in [3.63, 3.8) is 0 Å². The van der Waals surface area contributed by atoms with Crippen molar-refractivity contribution in [2.24, 2.45) is 11.8 Å². The van der Waals surface area contributed by atoms with Gasteiger partial charge in [0, 0.05) is 37.4 Å². The molecule has 2 fully saturated rings. The number of rotatable bonds is 3. The van der Waals surface area contributed by atoms with Gasteiger partial charge in [-0.3, -0.25) is 4.79 Å². The van der Waals surface area contributed by atoms with E-state index >= 15 is 0 Å². The average Bonchev–Trinajstić information content (AvgIpc) is 3.06. The van der Waals surface area contributed by atoms with Crippen molar-refractivity contribution >= 4 is 5.91 Å². The van der Waals surface area contributed by atoms with E-state index in [-0.39, 0.29) is 17.7 Å². The van der Waals surface area contributed by atoms with Gasteiger partial charge < -0.3 is 19.8 Å². The first kappa shape index (κ1) is 14.5. The molecule has 0 bridgehead atoms. The van der Waals surface area contributed by atoms with E-state index in [1.165, 1.54) is 0 Å². The van der Waals surface area contributed by atoms with Gasteiger partial charge in [0.1, 0.15) is 5.76 Å². The van der Waals surface area contributed by atoms with Crippen LogP contribution in [0.15, 0.2) is 10.6 Å². The third-order valence-corrected chi connectivity index (χ3v) is 4.55. The van der Waals surface area contributed by atoms with Crippen LogP contribution in [0.4, 0.5) is 0 Å². The second-order valence-corrected chi connectivity index (χ2v) is 6.23. The number of nitrogens with zero attached hydrogens (tertiary/aromatic N) is 2. The summed E-state index contributed by atoms with van der Waals surface area (Å²) < 4.78 is 5.21. The minimum absolute atomic E-state index is 0.0445. The monoisotopic (exact) mass is 293 g/mol. The second kappa shape index (κ2) is 6.15. The summed E-state index contributed by atoms with van der Waals surface area (Å²) in [6.45, 7) is 4.76. The number of carbonyl (C=O) groups excluding carboxylic acids is 1. The summed E-state index contributed by atoms with van der Waals surface area (Å²) in [5, 5.41) is 17.3. The number of carbonyl (C=O) groups is 1. The Hall–Kier alpha value is -1.40. The van der Waals surface area contributed by atoms with Crippen LogP contribution in [0.5, 0.6) is 0 Å². The zero-order valence-electron chi connectivity index (χ0n) is 12.4. The molecule has 1 amide bonds. The van der Waals surface area contributed by atoms with E-state index in [9.17, 15) is 9.90 Å². The molecule has 0 radical (unpaired) electrons. The molecule has 3 rings (SSSR count). The highest BCUT2D eigenvalue weighted by atomic mass is 16.5. The van der Waals surface area contributed by atoms with Crippen molar-refractivity contribution in [1.82, 2.24) is 15.4 Å². The Bertz CT molecular complexity index is 496. The number of likely N-dealkylation sites (tertiary alicyclic amines) is 1. The Kier molecular flexibility index (Phi) is 4.26. The normalized spacial score (nSPS) is 27.2. The number of hydrogen-bond acceptors (Lipinski definition) is 5. The van der Waals surface area contributed by atoms with Crippen molar-refractivity contribution in [2.45, 2.75) is 32.3 Å². The summed E-state index contributed by atoms with van der Waals surface area (Å²) >= 11 is 0. The van der Waals surface area contributed by atoms with Gasteiger partial charge in [-0.25, -0.2) is 0 Å². The quantitative estimate of drug-likeness (QED) is 0.840. The molecule has 0 saturated carbocycles. The number of piperidine rings is 1. The van der Waals surface area contributed by atoms with Crippen LogP contribution in [0.2, 0.25) is 0 Å². The van der Waals surface area contributed by atoms with E-state index in [0.717, 1.165) is 37.4 Å². The van der Waals surface area contributed by atoms with E-state index in [2.05, 4.69) is 10.5 Å². The Balaban J connectivity index is 1.58. The van der Waals surface area contributed by atoms with Crippen molar-refractivity contribution in [3.05, 3.63) is 17.5 Å². The largest absolute Gasteiger partial charge is 0.391 e. The molecule has 21 heavy (non-hydrogen) atoms. The van der Waals surface area contributed by atoms with Crippen LogP contribution in [0.3, 0.4) is 0 Å². The molecule has 2 saturated heterocycles. The van der Waals surface area contributed by atoms with Crippen molar-refractivity contribution in [3.8, 4) is 0 Å². The molecule has 1 aromatic rings.